The van der Waals surface area contributed by atoms with Gasteiger partial charge in [-0.15, -0.1) is 22.7 Å². The van der Waals surface area contributed by atoms with Crippen LogP contribution in [0.5, 0.6) is 0 Å². The van der Waals surface area contributed by atoms with Gasteiger partial charge in [-0.05, 0) is 18.4 Å². The molecule has 0 saturated heterocycles. The molecule has 0 atom stereocenters. The van der Waals surface area contributed by atoms with Gasteiger partial charge in [-0.1, -0.05) is 13.8 Å². The number of rotatable bonds is 3. The lowest BCUT2D eigenvalue weighted by molar-refractivity contribution is 0.103. The van der Waals surface area contributed by atoms with E-state index >= 15 is 0 Å². The third-order valence-corrected chi connectivity index (χ3v) is 5.65. The summed E-state index contributed by atoms with van der Waals surface area (Å²) in [5.41, 5.74) is 14.4. The smallest absolute Gasteiger partial charge is 0.269 e. The number of amides is 1. The van der Waals surface area contributed by atoms with Gasteiger partial charge in [-0.2, -0.15) is 5.26 Å². The highest BCUT2D eigenvalue weighted by molar-refractivity contribution is 7.21. The molecule has 3 aromatic heterocycles. The molecule has 0 unspecified atom stereocenters. The van der Waals surface area contributed by atoms with Gasteiger partial charge in [0.05, 0.1) is 16.9 Å². The summed E-state index contributed by atoms with van der Waals surface area (Å²) in [5, 5.41) is 15.2. The van der Waals surface area contributed by atoms with E-state index in [-0.39, 0.29) is 17.6 Å². The zero-order valence-corrected chi connectivity index (χ0v) is 15.5. The Balaban J connectivity index is 2.15. The summed E-state index contributed by atoms with van der Waals surface area (Å²) in [6.07, 6.45) is 0. The van der Waals surface area contributed by atoms with Crippen LogP contribution in [0.1, 0.15) is 46.3 Å². The molecule has 0 aliphatic rings. The zero-order valence-electron chi connectivity index (χ0n) is 13.9. The van der Waals surface area contributed by atoms with Crippen LogP contribution < -0.4 is 16.8 Å². The van der Waals surface area contributed by atoms with Gasteiger partial charge >= 0.3 is 0 Å². The second-order valence-corrected chi connectivity index (χ2v) is 7.68. The molecule has 0 saturated carbocycles. The minimum Gasteiger partial charge on any atom is -0.397 e. The molecule has 0 aliphatic carbocycles. The lowest BCUT2D eigenvalue weighted by Crippen LogP contribution is -2.12. The van der Waals surface area contributed by atoms with E-state index in [0.717, 1.165) is 22.6 Å². The Labute approximate surface area is 152 Å². The van der Waals surface area contributed by atoms with Gasteiger partial charge in [0.1, 0.15) is 21.6 Å². The highest BCUT2D eigenvalue weighted by atomic mass is 32.1. The Kier molecular flexibility index (Phi) is 4.32. The minimum atomic E-state index is -0.346. The van der Waals surface area contributed by atoms with Gasteiger partial charge in [-0.3, -0.25) is 10.1 Å². The minimum absolute atomic E-state index is 0.0110. The van der Waals surface area contributed by atoms with Crippen LogP contribution in [0.2, 0.25) is 0 Å². The van der Waals surface area contributed by atoms with Crippen LogP contribution >= 0.6 is 22.7 Å². The average molecular weight is 372 g/mol. The summed E-state index contributed by atoms with van der Waals surface area (Å²) < 4.78 is 0. The van der Waals surface area contributed by atoms with Crippen LogP contribution in [0, 0.1) is 18.3 Å². The molecule has 0 radical (unpaired) electrons. The van der Waals surface area contributed by atoms with Crippen LogP contribution in [0.15, 0.2) is 5.38 Å². The van der Waals surface area contributed by atoms with Crippen LogP contribution in [0.25, 0.3) is 10.2 Å². The van der Waals surface area contributed by atoms with E-state index in [1.165, 1.54) is 11.3 Å². The summed E-state index contributed by atoms with van der Waals surface area (Å²) in [4.78, 5) is 22.0. The summed E-state index contributed by atoms with van der Waals surface area (Å²) >= 11 is 2.51. The van der Waals surface area contributed by atoms with Crippen molar-refractivity contribution >= 4 is 55.4 Å². The largest absolute Gasteiger partial charge is 0.397 e. The molecule has 1 amide bonds. The number of fused-ring (bicyclic) bond motifs is 1. The van der Waals surface area contributed by atoms with E-state index in [4.69, 9.17) is 11.5 Å². The van der Waals surface area contributed by atoms with Crippen molar-refractivity contribution in [2.24, 2.45) is 0 Å². The number of thiophene rings is 1. The predicted octanol–water partition coefficient (Wildman–Crippen LogP) is 3.47. The molecule has 0 spiro atoms. The van der Waals surface area contributed by atoms with Crippen molar-refractivity contribution in [1.29, 1.82) is 5.26 Å². The van der Waals surface area contributed by atoms with E-state index in [9.17, 15) is 10.1 Å². The predicted molar refractivity (Wildman–Crippen MR) is 102 cm³/mol. The van der Waals surface area contributed by atoms with Crippen LogP contribution in [-0.4, -0.2) is 15.9 Å². The number of nitriles is 1. The van der Waals surface area contributed by atoms with E-state index in [0.29, 0.717) is 31.5 Å². The number of pyridine rings is 1. The van der Waals surface area contributed by atoms with Gasteiger partial charge in [-0.25, -0.2) is 9.97 Å². The Morgan fingerprint density at radius 1 is 1.36 bits per heavy atom. The molecule has 0 aliphatic heterocycles. The Bertz CT molecular complexity index is 1030. The number of nitrogens with zero attached hydrogens (tertiary/aromatic N) is 3. The Morgan fingerprint density at radius 3 is 2.64 bits per heavy atom. The number of aryl methyl sites for hydroxylation is 1. The molecule has 0 fully saturated rings. The first-order valence-corrected chi connectivity index (χ1v) is 9.18. The SMILES string of the molecule is Cc1csc(NC(=O)c2sc3nc(N)c(C#N)c(C(C)C)c3c2N)n1. The Morgan fingerprint density at radius 2 is 2.08 bits per heavy atom. The number of nitrogens with two attached hydrogens (primary N) is 2. The van der Waals surface area contributed by atoms with Gasteiger partial charge in [0.2, 0.25) is 0 Å². The van der Waals surface area contributed by atoms with Crippen molar-refractivity contribution in [3.8, 4) is 6.07 Å². The van der Waals surface area contributed by atoms with Gasteiger partial charge < -0.3 is 11.5 Å². The molecule has 0 bridgehead atoms. The van der Waals surface area contributed by atoms with Crippen LogP contribution in [0.3, 0.4) is 0 Å². The Hall–Kier alpha value is -2.70. The fourth-order valence-corrected chi connectivity index (χ4v) is 4.33. The third kappa shape index (κ3) is 2.90. The van der Waals surface area contributed by atoms with Crippen molar-refractivity contribution in [2.45, 2.75) is 26.7 Å². The van der Waals surface area contributed by atoms with Crippen LogP contribution in [-0.2, 0) is 0 Å². The monoisotopic (exact) mass is 372 g/mol. The lowest BCUT2D eigenvalue weighted by Gasteiger charge is -2.12. The molecule has 25 heavy (non-hydrogen) atoms. The van der Waals surface area contributed by atoms with Gasteiger partial charge in [0.25, 0.3) is 5.91 Å². The number of carbonyl (C=O) groups excluding carboxylic acids is 1. The normalized spacial score (nSPS) is 11.0. The number of carbonyl (C=O) groups is 1. The number of aromatic nitrogens is 2. The van der Waals surface area contributed by atoms with E-state index < -0.39 is 0 Å². The van der Waals surface area contributed by atoms with Gasteiger partial charge in [0, 0.05) is 10.8 Å². The molecule has 3 heterocycles. The molecule has 9 heteroatoms. The number of thiazole rings is 1. The van der Waals surface area contributed by atoms with Crippen molar-refractivity contribution in [1.82, 2.24) is 9.97 Å². The molecule has 5 N–H and O–H groups in total. The number of hydrogen-bond donors (Lipinski definition) is 3. The van der Waals surface area contributed by atoms with Gasteiger partial charge in [0.15, 0.2) is 5.13 Å². The number of nitrogens with one attached hydrogen (secondary N) is 1. The maximum absolute atomic E-state index is 12.6. The number of hydrogen-bond acceptors (Lipinski definition) is 8. The highest BCUT2D eigenvalue weighted by Gasteiger charge is 2.25. The summed E-state index contributed by atoms with van der Waals surface area (Å²) in [6, 6.07) is 2.10. The summed E-state index contributed by atoms with van der Waals surface area (Å²) in [7, 11) is 0. The maximum Gasteiger partial charge on any atom is 0.269 e. The van der Waals surface area contributed by atoms with Crippen LogP contribution in [0.4, 0.5) is 16.6 Å². The second kappa shape index (κ2) is 6.31. The van der Waals surface area contributed by atoms with Crippen molar-refractivity contribution in [3.05, 3.63) is 27.1 Å². The molecular formula is C16H16N6OS2. The standard InChI is InChI=1S/C16H16N6OS2/c1-6(2)9-8(4-17)13(19)21-15-10(9)11(18)12(25-15)14(23)22-16-20-7(3)5-24-16/h5-6H,18H2,1-3H3,(H2,19,21)(H,20,22,23). The molecular weight excluding hydrogens is 356 g/mol. The molecule has 0 aromatic carbocycles. The quantitative estimate of drug-likeness (QED) is 0.645. The first kappa shape index (κ1) is 17.1. The molecule has 3 aromatic rings. The van der Waals surface area contributed by atoms with E-state index in [2.05, 4.69) is 21.4 Å². The van der Waals surface area contributed by atoms with Crippen molar-refractivity contribution in [3.63, 3.8) is 0 Å². The fourth-order valence-electron chi connectivity index (χ4n) is 2.63. The zero-order chi connectivity index (χ0) is 18.3. The topological polar surface area (TPSA) is 131 Å². The maximum atomic E-state index is 12.6. The number of nitrogen functional groups attached to an aromatic ring is 2. The second-order valence-electron chi connectivity index (χ2n) is 5.83. The average Bonchev–Trinajstić information content (AvgIpc) is 3.09. The highest BCUT2D eigenvalue weighted by Crippen LogP contribution is 2.40. The van der Waals surface area contributed by atoms with E-state index in [1.54, 1.807) is 0 Å². The summed E-state index contributed by atoms with van der Waals surface area (Å²) in [6.45, 7) is 5.75. The van der Waals surface area contributed by atoms with Crippen molar-refractivity contribution in [2.75, 3.05) is 16.8 Å². The third-order valence-electron chi connectivity index (χ3n) is 3.68. The first-order chi connectivity index (χ1) is 11.8. The fraction of sp³-hybridized carbons (Fsp3) is 0.250. The first-order valence-electron chi connectivity index (χ1n) is 7.48. The molecule has 128 valence electrons. The molecule has 7 nitrogen and oxygen atoms in total. The molecule has 3 rings (SSSR count). The number of anilines is 3. The van der Waals surface area contributed by atoms with Crippen molar-refractivity contribution < 1.29 is 4.79 Å². The van der Waals surface area contributed by atoms with E-state index in [1.807, 2.05) is 26.2 Å². The lowest BCUT2D eigenvalue weighted by atomic mass is 9.95. The summed E-state index contributed by atoms with van der Waals surface area (Å²) in [5.74, 6) is -0.180.